The van der Waals surface area contributed by atoms with E-state index in [2.05, 4.69) is 9.72 Å². The van der Waals surface area contributed by atoms with E-state index in [0.717, 1.165) is 24.5 Å². The first-order chi connectivity index (χ1) is 26.1. The molecule has 3 aliphatic rings. The van der Waals surface area contributed by atoms with E-state index in [4.69, 9.17) is 21.1 Å². The molecule has 0 aliphatic heterocycles. The van der Waals surface area contributed by atoms with Crippen molar-refractivity contribution in [2.24, 2.45) is 23.7 Å². The third-order valence-electron chi connectivity index (χ3n) is 9.40. The van der Waals surface area contributed by atoms with Gasteiger partial charge in [-0.2, -0.15) is 26.3 Å². The fourth-order valence-electron chi connectivity index (χ4n) is 6.73. The fraction of sp³-hybridized carbons (Fsp3) is 0.528. The fourth-order valence-corrected chi connectivity index (χ4v) is 8.02. The van der Waals surface area contributed by atoms with Crippen molar-refractivity contribution in [2.45, 2.75) is 69.0 Å². The van der Waals surface area contributed by atoms with Gasteiger partial charge in [0.25, 0.3) is 0 Å². The molecule has 1 heterocycles. The van der Waals surface area contributed by atoms with Crippen LogP contribution in [0.1, 0.15) is 76.2 Å². The van der Waals surface area contributed by atoms with Crippen molar-refractivity contribution < 1.29 is 77.7 Å². The Bertz CT molecular complexity index is 1960. The lowest BCUT2D eigenvalue weighted by Crippen LogP contribution is -2.42. The van der Waals surface area contributed by atoms with E-state index in [0.29, 0.717) is 31.7 Å². The number of nitrogens with zero attached hydrogens (tertiary/aromatic N) is 1. The molecule has 5 rings (SSSR count). The van der Waals surface area contributed by atoms with Gasteiger partial charge in [0.05, 0.1) is 42.0 Å². The zero-order chi connectivity index (χ0) is 41.7. The lowest BCUT2D eigenvalue weighted by atomic mass is 9.75. The van der Waals surface area contributed by atoms with Gasteiger partial charge in [0.2, 0.25) is 0 Å². The summed E-state index contributed by atoms with van der Waals surface area (Å²) in [6.45, 7) is -2.53. The number of ether oxygens (including phenoxy) is 3. The molecule has 0 saturated heterocycles. The van der Waals surface area contributed by atoms with E-state index in [-0.39, 0.29) is 66.9 Å². The number of alkyl halides is 6. The van der Waals surface area contributed by atoms with Crippen LogP contribution in [-0.4, -0.2) is 87.5 Å². The molecule has 56 heavy (non-hydrogen) atoms. The van der Waals surface area contributed by atoms with Gasteiger partial charge >= 0.3 is 12.4 Å². The van der Waals surface area contributed by atoms with Gasteiger partial charge < -0.3 is 14.2 Å². The summed E-state index contributed by atoms with van der Waals surface area (Å²) in [6.07, 6.45) is -6.51. The zero-order valence-electron chi connectivity index (χ0n) is 29.9. The molecule has 20 heteroatoms. The second-order valence-corrected chi connectivity index (χ2v) is 15.8. The Hall–Kier alpha value is -3.91. The maximum absolute atomic E-state index is 13.0. The topological polar surface area (TPSA) is 177 Å². The summed E-state index contributed by atoms with van der Waals surface area (Å²) in [7, 11) is -2.46. The molecule has 2 unspecified atom stereocenters. The summed E-state index contributed by atoms with van der Waals surface area (Å²) in [5.41, 5.74) is -2.24. The van der Waals surface area contributed by atoms with Crippen LogP contribution in [0.25, 0.3) is 0 Å². The molecule has 12 nitrogen and oxygen atoms in total. The molecule has 2 bridgehead atoms. The highest BCUT2D eigenvalue weighted by molar-refractivity contribution is 7.90. The molecule has 2 aromatic rings. The van der Waals surface area contributed by atoms with Gasteiger partial charge in [-0.05, 0) is 49.9 Å². The summed E-state index contributed by atoms with van der Waals surface area (Å²) < 4.78 is 114. The SMILES string of the molecule is COCCOCc1nc(C(F)(F)F)ccc1C(=O)C1C(=O)C2CCC(C2)C1=O.CS(=O)(=O)c1ccc(C(=O)C2C(=O)CCCC2=O)c(Cl)c1COCC(F)(F)F. The summed E-state index contributed by atoms with van der Waals surface area (Å²) >= 11 is 6.11. The number of carbonyl (C=O) groups excluding carboxylic acids is 6. The summed E-state index contributed by atoms with van der Waals surface area (Å²) in [5.74, 6) is -7.37. The third-order valence-corrected chi connectivity index (χ3v) is 11.0. The van der Waals surface area contributed by atoms with E-state index in [1.807, 2.05) is 0 Å². The average molecular weight is 840 g/mol. The first-order valence-electron chi connectivity index (χ1n) is 17.1. The van der Waals surface area contributed by atoms with Crippen LogP contribution in [0.2, 0.25) is 5.02 Å². The minimum Gasteiger partial charge on any atom is -0.382 e. The van der Waals surface area contributed by atoms with Crippen LogP contribution >= 0.6 is 11.6 Å². The van der Waals surface area contributed by atoms with Gasteiger partial charge in [0.15, 0.2) is 44.5 Å². The molecular weight excluding hydrogens is 804 g/mol. The third kappa shape index (κ3) is 10.7. The molecule has 0 amide bonds. The molecule has 3 aliphatic carbocycles. The largest absolute Gasteiger partial charge is 0.433 e. The molecule has 306 valence electrons. The second-order valence-electron chi connectivity index (χ2n) is 13.4. The Morgan fingerprint density at radius 2 is 1.39 bits per heavy atom. The van der Waals surface area contributed by atoms with Crippen molar-refractivity contribution in [3.8, 4) is 0 Å². The molecule has 3 fully saturated rings. The predicted molar refractivity (Wildman–Crippen MR) is 181 cm³/mol. The number of methoxy groups -OCH3 is 1. The van der Waals surface area contributed by atoms with E-state index in [9.17, 15) is 63.5 Å². The van der Waals surface area contributed by atoms with Crippen LogP contribution < -0.4 is 0 Å². The molecule has 1 aromatic heterocycles. The first kappa shape index (κ1) is 44.8. The predicted octanol–water partition coefficient (Wildman–Crippen LogP) is 5.57. The van der Waals surface area contributed by atoms with Crippen LogP contribution in [0, 0.1) is 23.7 Å². The van der Waals surface area contributed by atoms with Gasteiger partial charge in [-0.1, -0.05) is 11.6 Å². The number of hydrogen-bond acceptors (Lipinski definition) is 12. The van der Waals surface area contributed by atoms with Crippen molar-refractivity contribution in [1.82, 2.24) is 4.98 Å². The second kappa shape index (κ2) is 18.1. The smallest absolute Gasteiger partial charge is 0.382 e. The van der Waals surface area contributed by atoms with Gasteiger partial charge in [-0.3, -0.25) is 28.8 Å². The molecule has 0 radical (unpaired) electrons. The minimum absolute atomic E-state index is 0.0444. The number of carbonyl (C=O) groups is 6. The van der Waals surface area contributed by atoms with E-state index < -0.39 is 97.6 Å². The first-order valence-corrected chi connectivity index (χ1v) is 19.3. The van der Waals surface area contributed by atoms with Crippen molar-refractivity contribution in [1.29, 1.82) is 0 Å². The summed E-state index contributed by atoms with van der Waals surface area (Å²) in [4.78, 5) is 77.9. The number of Topliss-reactive ketones (excluding diaryl/α,β-unsaturated/α-hetero) is 6. The number of hydrogen-bond donors (Lipinski definition) is 0. The highest BCUT2D eigenvalue weighted by Crippen LogP contribution is 2.42. The van der Waals surface area contributed by atoms with Crippen molar-refractivity contribution in [3.05, 3.63) is 57.4 Å². The Kier molecular flexibility index (Phi) is 14.5. The normalized spacial score (nSPS) is 20.6. The number of ketones is 6. The lowest BCUT2D eigenvalue weighted by molar-refractivity contribution is -0.176. The highest BCUT2D eigenvalue weighted by atomic mass is 35.5. The number of rotatable bonds is 13. The molecule has 0 spiro atoms. The van der Waals surface area contributed by atoms with Crippen molar-refractivity contribution in [2.75, 3.05) is 33.2 Å². The quantitative estimate of drug-likeness (QED) is 0.106. The van der Waals surface area contributed by atoms with Crippen molar-refractivity contribution in [3.63, 3.8) is 0 Å². The number of pyridine rings is 1. The molecule has 2 atom stereocenters. The van der Waals surface area contributed by atoms with Crippen LogP contribution in [0.4, 0.5) is 26.3 Å². The number of benzene rings is 1. The van der Waals surface area contributed by atoms with E-state index in [1.165, 1.54) is 7.11 Å². The zero-order valence-corrected chi connectivity index (χ0v) is 31.5. The van der Waals surface area contributed by atoms with Gasteiger partial charge in [0.1, 0.15) is 24.1 Å². The Labute approximate surface area is 321 Å². The molecule has 3 saturated carbocycles. The van der Waals surface area contributed by atoms with Crippen LogP contribution in [-0.2, 0) is 62.6 Å². The molecular formula is C36H36ClF6NO11S. The number of sulfone groups is 1. The lowest BCUT2D eigenvalue weighted by Gasteiger charge is -2.25. The maximum Gasteiger partial charge on any atom is 0.433 e. The Morgan fingerprint density at radius 1 is 0.821 bits per heavy atom. The van der Waals surface area contributed by atoms with Gasteiger partial charge in [-0.15, -0.1) is 0 Å². The average Bonchev–Trinajstić information content (AvgIpc) is 3.56. The highest BCUT2D eigenvalue weighted by Gasteiger charge is 2.50. The van der Waals surface area contributed by atoms with Crippen molar-refractivity contribution >= 4 is 56.1 Å². The van der Waals surface area contributed by atoms with Gasteiger partial charge in [-0.25, -0.2) is 13.4 Å². The Balaban J connectivity index is 0.000000249. The number of aromatic nitrogens is 1. The Morgan fingerprint density at radius 3 is 1.93 bits per heavy atom. The van der Waals surface area contributed by atoms with E-state index >= 15 is 0 Å². The summed E-state index contributed by atoms with van der Waals surface area (Å²) in [6, 6.07) is 3.70. The minimum atomic E-state index is -4.70. The monoisotopic (exact) mass is 839 g/mol. The molecule has 0 N–H and O–H groups in total. The van der Waals surface area contributed by atoms with Crippen LogP contribution in [0.5, 0.6) is 0 Å². The standard InChI is InChI=1S/C19H20F3NO5.C17H16ClF3O6S/c1-27-6-7-28-9-13-12(4-5-14(23-13)19(20,21)22)18(26)15-16(24)10-2-3-11(8-10)17(15)25;1-28(25,26)13-6-5-9(15(18)10(13)7-27-8-17(19,20)21)16(24)14-11(22)3-2-4-12(14)23/h4-5,10-11,15H,2-3,6-9H2,1H3;5-6,14H,2-4,7-8H2,1H3. The van der Waals surface area contributed by atoms with Gasteiger partial charge in [0, 0.05) is 54.7 Å². The number of halogens is 7. The maximum atomic E-state index is 13.0. The van der Waals surface area contributed by atoms with Crippen LogP contribution in [0.3, 0.4) is 0 Å². The summed E-state index contributed by atoms with van der Waals surface area (Å²) in [5, 5.41) is -0.457. The molecule has 1 aromatic carbocycles. The number of fused-ring (bicyclic) bond motifs is 2. The van der Waals surface area contributed by atoms with E-state index in [1.54, 1.807) is 0 Å². The van der Waals surface area contributed by atoms with Crippen LogP contribution in [0.15, 0.2) is 29.2 Å².